The summed E-state index contributed by atoms with van der Waals surface area (Å²) in [5.41, 5.74) is 0. The van der Waals surface area contributed by atoms with Gasteiger partial charge in [-0.3, -0.25) is 0 Å². The minimum Gasteiger partial charge on any atom is -0.168 e. The summed E-state index contributed by atoms with van der Waals surface area (Å²) in [5, 5.41) is 2.66. The summed E-state index contributed by atoms with van der Waals surface area (Å²) >= 11 is 6.50. The van der Waals surface area contributed by atoms with E-state index in [-0.39, 0.29) is 13.7 Å². The average Bonchev–Trinajstić information content (AvgIpc) is 2.87. The molecule has 0 amide bonds. The van der Waals surface area contributed by atoms with Gasteiger partial charge in [-0.05, 0) is 12.3 Å². The van der Waals surface area contributed by atoms with E-state index >= 15 is 0 Å². The summed E-state index contributed by atoms with van der Waals surface area (Å²) in [6.07, 6.45) is 1.90. The molecule has 2 aromatic carbocycles. The maximum absolute atomic E-state index is 8.73. The van der Waals surface area contributed by atoms with Crippen LogP contribution in [0.3, 0.4) is 0 Å². The van der Waals surface area contributed by atoms with E-state index in [2.05, 4.69) is 69.5 Å². The van der Waals surface area contributed by atoms with Gasteiger partial charge in [0.25, 0.3) is 0 Å². The Labute approximate surface area is 132 Å². The van der Waals surface area contributed by atoms with Crippen LogP contribution >= 0.6 is 35.1 Å². The topological polar surface area (TPSA) is 20.2 Å². The molecule has 0 atom stereocenters. The Morgan fingerprint density at radius 3 is 2.17 bits per heavy atom. The Morgan fingerprint density at radius 1 is 1.17 bits per heavy atom. The molecule has 104 valence electrons. The predicted octanol–water partition coefficient (Wildman–Crippen LogP) is 5.66. The second kappa shape index (κ2) is 12.8. The molecular formula is C13H18Br2IrOP. The Hall–Kier alpha value is 0.829. The van der Waals surface area contributed by atoms with E-state index in [9.17, 15) is 0 Å². The van der Waals surface area contributed by atoms with Crippen molar-refractivity contribution in [1.82, 2.24) is 0 Å². The van der Waals surface area contributed by atoms with Crippen molar-refractivity contribution in [1.29, 1.82) is 0 Å². The summed E-state index contributed by atoms with van der Waals surface area (Å²) < 4.78 is 0. The van der Waals surface area contributed by atoms with Crippen LogP contribution in [0, 0.1) is 0 Å². The van der Waals surface area contributed by atoms with Crippen LogP contribution in [0.25, 0.3) is 10.8 Å². The first kappa shape index (κ1) is 18.8. The number of halogens is 2. The van der Waals surface area contributed by atoms with Crippen molar-refractivity contribution in [3.63, 3.8) is 0 Å². The van der Waals surface area contributed by atoms with E-state index in [1.54, 1.807) is 0 Å². The smallest absolute Gasteiger partial charge is 0.0809 e. The molecule has 18 heavy (non-hydrogen) atoms. The molecule has 0 aromatic heterocycles. The fraction of sp³-hybridized carbons (Fsp3) is 0.308. The number of benzene rings is 1. The van der Waals surface area contributed by atoms with Gasteiger partial charge in [-0.25, -0.2) is 0 Å². The molecule has 0 aliphatic carbocycles. The van der Waals surface area contributed by atoms with Gasteiger partial charge in [0.15, 0.2) is 0 Å². The molecule has 1 N–H and O–H groups in total. The molecule has 2 aromatic rings. The van der Waals surface area contributed by atoms with E-state index < -0.39 is 8.15 Å². The normalized spacial score (nSPS) is 9.67. The Kier molecular flexibility index (Phi) is 13.4. The van der Waals surface area contributed by atoms with E-state index in [0.29, 0.717) is 0 Å². The monoisotopic (exact) mass is 572 g/mol. The summed E-state index contributed by atoms with van der Waals surface area (Å²) in [5.74, 6) is 0. The quantitative estimate of drug-likeness (QED) is 0.363. The number of hydrogen-bond donors (Lipinski definition) is 1. The second-order valence-corrected chi connectivity index (χ2v) is 16.1. The van der Waals surface area contributed by atoms with Gasteiger partial charge in [0.2, 0.25) is 0 Å². The maximum atomic E-state index is 8.73. The minimum absolute atomic E-state index is 0.125. The molecule has 0 unspecified atom stereocenters. The predicted molar refractivity (Wildman–Crippen MR) is 87.6 cm³/mol. The van der Waals surface area contributed by atoms with Gasteiger partial charge in [-0.1, -0.05) is 19.9 Å². The van der Waals surface area contributed by atoms with Gasteiger partial charge in [-0.2, -0.15) is 17.5 Å². The van der Waals surface area contributed by atoms with Crippen LogP contribution < -0.4 is 0 Å². The number of hydrogen-bond acceptors (Lipinski definition) is 1. The van der Waals surface area contributed by atoms with Crippen LogP contribution in [0.15, 0.2) is 42.5 Å². The van der Waals surface area contributed by atoms with Crippen molar-refractivity contribution < 1.29 is 18.6 Å². The van der Waals surface area contributed by atoms with E-state index in [1.807, 2.05) is 13.8 Å². The van der Waals surface area contributed by atoms with Crippen molar-refractivity contribution in [2.45, 2.75) is 13.8 Å². The van der Waals surface area contributed by atoms with E-state index in [0.717, 1.165) is 12.3 Å². The van der Waals surface area contributed by atoms with E-state index in [4.69, 9.17) is 4.89 Å². The van der Waals surface area contributed by atoms with Crippen molar-refractivity contribution in [3.05, 3.63) is 42.5 Å². The minimum atomic E-state index is -0.576. The summed E-state index contributed by atoms with van der Waals surface area (Å²) in [4.78, 5) is 8.73. The molecule has 1 nitrogen and oxygen atoms in total. The third-order valence-corrected chi connectivity index (χ3v) is 3.74. The Bertz CT molecular complexity index is 374. The van der Waals surface area contributed by atoms with Crippen molar-refractivity contribution >= 4 is 45.9 Å². The summed E-state index contributed by atoms with van der Waals surface area (Å²) in [7, 11) is -0.576. The third-order valence-electron chi connectivity index (χ3n) is 2.28. The van der Waals surface area contributed by atoms with Crippen LogP contribution in [0.5, 0.6) is 0 Å². The maximum Gasteiger partial charge on any atom is -0.0809 e. The molecule has 0 saturated heterocycles. The van der Waals surface area contributed by atoms with Crippen molar-refractivity contribution in [3.8, 4) is 0 Å². The molecule has 2 rings (SSSR count). The number of fused-ring (bicyclic) bond motifs is 1. The zero-order valence-corrected chi connectivity index (χ0v) is 16.9. The van der Waals surface area contributed by atoms with Gasteiger partial charge < -0.3 is 4.89 Å². The third kappa shape index (κ3) is 8.85. The Morgan fingerprint density at radius 2 is 1.72 bits per heavy atom. The van der Waals surface area contributed by atoms with Crippen molar-refractivity contribution in [2.75, 3.05) is 12.3 Å². The van der Waals surface area contributed by atoms with Gasteiger partial charge in [0.05, 0.1) is 0 Å². The van der Waals surface area contributed by atoms with Crippen LogP contribution in [0.1, 0.15) is 13.8 Å². The van der Waals surface area contributed by atoms with Crippen LogP contribution in [-0.4, -0.2) is 17.2 Å². The van der Waals surface area contributed by atoms with E-state index in [1.165, 1.54) is 10.8 Å². The SMILES string of the molecule is CCP(O)CC.[Br][Ir+][Br].c1ccc2[cH-]ccc2c1. The molecule has 0 spiro atoms. The zero-order valence-electron chi connectivity index (χ0n) is 10.4. The van der Waals surface area contributed by atoms with Crippen molar-refractivity contribution in [2.24, 2.45) is 0 Å². The Balaban J connectivity index is 0.000000282. The molecule has 0 radical (unpaired) electrons. The summed E-state index contributed by atoms with van der Waals surface area (Å²) in [6.45, 7) is 4.02. The van der Waals surface area contributed by atoms with Crippen LogP contribution in [-0.2, 0) is 13.7 Å². The zero-order chi connectivity index (χ0) is 13.8. The molecule has 0 bridgehead atoms. The van der Waals surface area contributed by atoms with Crippen LogP contribution in [0.4, 0.5) is 0 Å². The largest absolute Gasteiger partial charge is 0.168 e. The first-order valence-electron chi connectivity index (χ1n) is 5.57. The van der Waals surface area contributed by atoms with Gasteiger partial charge in [-0.15, -0.1) is 29.7 Å². The molecule has 5 heteroatoms. The molecule has 0 aliphatic rings. The molecular weight excluding hydrogens is 555 g/mol. The second-order valence-electron chi connectivity index (χ2n) is 3.34. The average molecular weight is 573 g/mol. The number of rotatable bonds is 2. The first-order chi connectivity index (χ1) is 8.69. The summed E-state index contributed by atoms with van der Waals surface area (Å²) in [6, 6.07) is 14.7. The van der Waals surface area contributed by atoms with Gasteiger partial charge in [0.1, 0.15) is 0 Å². The standard InChI is InChI=1S/C9H7.C4H11OP.2BrH.Ir/c1-2-5-9-7-3-6-8(9)4-1;1-3-6(5)4-2;;;/h1-7H;5H,3-4H2,1-2H3;2*1H;/q-1;;;;+3/p-2. The molecule has 0 aliphatic heterocycles. The molecule has 0 saturated carbocycles. The van der Waals surface area contributed by atoms with Crippen LogP contribution in [0.2, 0.25) is 0 Å². The first-order valence-corrected chi connectivity index (χ1v) is 17.7. The molecule has 0 heterocycles. The fourth-order valence-corrected chi connectivity index (χ4v) is 1.74. The fourth-order valence-electron chi connectivity index (χ4n) is 1.29. The van der Waals surface area contributed by atoms with Gasteiger partial charge in [0, 0.05) is 8.15 Å². The molecule has 0 fully saturated rings. The van der Waals surface area contributed by atoms with Gasteiger partial charge >= 0.3 is 40.7 Å².